The predicted molar refractivity (Wildman–Crippen MR) is 129 cm³/mol. The van der Waals surface area contributed by atoms with Crippen LogP contribution in [0.25, 0.3) is 0 Å². The van der Waals surface area contributed by atoms with E-state index in [0.717, 1.165) is 30.7 Å². The minimum absolute atomic E-state index is 0.0452. The van der Waals surface area contributed by atoms with Crippen LogP contribution in [0.15, 0.2) is 36.5 Å². The van der Waals surface area contributed by atoms with Gasteiger partial charge in [0, 0.05) is 51.4 Å². The molecule has 3 atom stereocenters. The van der Waals surface area contributed by atoms with Crippen molar-refractivity contribution in [3.8, 4) is 17.6 Å². The zero-order valence-corrected chi connectivity index (χ0v) is 19.1. The Balaban J connectivity index is 1.46. The van der Waals surface area contributed by atoms with Crippen LogP contribution in [0.3, 0.4) is 0 Å². The number of hydrogen-bond acceptors (Lipinski definition) is 7. The van der Waals surface area contributed by atoms with E-state index >= 15 is 0 Å². The van der Waals surface area contributed by atoms with E-state index in [1.165, 1.54) is 6.07 Å². The second-order valence-corrected chi connectivity index (χ2v) is 8.79. The summed E-state index contributed by atoms with van der Waals surface area (Å²) >= 11 is 5.86. The van der Waals surface area contributed by atoms with Crippen LogP contribution >= 0.6 is 11.6 Å². The molecule has 1 unspecified atom stereocenters. The number of nitrogens with zero attached hydrogens (tertiary/aromatic N) is 5. The lowest BCUT2D eigenvalue weighted by Gasteiger charge is -2.39. The Bertz CT molecular complexity index is 1390. The fourth-order valence-corrected chi connectivity index (χ4v) is 4.91. The summed E-state index contributed by atoms with van der Waals surface area (Å²) in [5, 5.41) is 7.14. The first-order chi connectivity index (χ1) is 19.2. The lowest BCUT2D eigenvalue weighted by Crippen LogP contribution is -2.48. The molecule has 5 rings (SSSR count). The van der Waals surface area contributed by atoms with E-state index in [2.05, 4.69) is 25.3 Å². The number of hydrogen-bond donors (Lipinski definition) is 1. The van der Waals surface area contributed by atoms with Gasteiger partial charge >= 0.3 is 6.01 Å². The Morgan fingerprint density at radius 1 is 1.24 bits per heavy atom. The molecule has 1 aliphatic heterocycles. The number of nitrogens with one attached hydrogen (secondary N) is 1. The number of halogens is 2. The van der Waals surface area contributed by atoms with E-state index in [1.54, 1.807) is 13.3 Å². The van der Waals surface area contributed by atoms with E-state index in [9.17, 15) is 4.39 Å². The number of anilines is 2. The van der Waals surface area contributed by atoms with Gasteiger partial charge < -0.3 is 19.7 Å². The van der Waals surface area contributed by atoms with E-state index in [-0.39, 0.29) is 34.6 Å². The molecule has 180 valence electrons. The summed E-state index contributed by atoms with van der Waals surface area (Å²) in [6, 6.07) is 3.26. The van der Waals surface area contributed by atoms with Crippen molar-refractivity contribution >= 4 is 23.2 Å². The third-order valence-electron chi connectivity index (χ3n) is 6.31. The molecule has 0 radical (unpaired) electrons. The first kappa shape index (κ1) is 15.8. The van der Waals surface area contributed by atoms with E-state index in [4.69, 9.17) is 30.7 Å². The van der Waals surface area contributed by atoms with Gasteiger partial charge in [0.15, 0.2) is 0 Å². The maximum absolute atomic E-state index is 13.7. The highest BCUT2D eigenvalue weighted by Gasteiger charge is 2.42. The Morgan fingerprint density at radius 2 is 2.03 bits per heavy atom. The van der Waals surface area contributed by atoms with Crippen LogP contribution in [0, 0.1) is 17.7 Å². The normalized spacial score (nSPS) is 25.8. The van der Waals surface area contributed by atoms with Crippen molar-refractivity contribution in [2.24, 2.45) is 11.8 Å². The van der Waals surface area contributed by atoms with Crippen molar-refractivity contribution in [1.29, 1.82) is 0 Å². The van der Waals surface area contributed by atoms with E-state index < -0.39 is 31.5 Å². The third kappa shape index (κ3) is 4.49. The van der Waals surface area contributed by atoms with Crippen molar-refractivity contribution < 1.29 is 23.5 Å². The molecule has 8 nitrogen and oxygen atoms in total. The predicted octanol–water partition coefficient (Wildman–Crippen LogP) is 5.17. The molecule has 2 aromatic heterocycles. The molecule has 3 heterocycles. The quantitative estimate of drug-likeness (QED) is 0.486. The van der Waals surface area contributed by atoms with Gasteiger partial charge in [0.05, 0.1) is 19.5 Å². The summed E-state index contributed by atoms with van der Waals surface area (Å²) in [4.78, 5) is 10.7. The molecule has 3 aromatic rings. The lowest BCUT2D eigenvalue weighted by molar-refractivity contribution is 0.373. The second kappa shape index (κ2) is 9.29. The van der Waals surface area contributed by atoms with Crippen molar-refractivity contribution in [3.05, 3.63) is 47.4 Å². The fourth-order valence-electron chi connectivity index (χ4n) is 4.74. The first-order valence-corrected chi connectivity index (χ1v) is 11.2. The van der Waals surface area contributed by atoms with Crippen LogP contribution in [0.1, 0.15) is 42.2 Å². The summed E-state index contributed by atoms with van der Waals surface area (Å²) in [5.74, 6) is 0.0181. The van der Waals surface area contributed by atoms with Crippen LogP contribution in [0.4, 0.5) is 16.0 Å². The van der Waals surface area contributed by atoms with Gasteiger partial charge in [-0.1, -0.05) is 11.6 Å². The van der Waals surface area contributed by atoms with E-state index in [1.807, 2.05) is 12.1 Å². The molecule has 34 heavy (non-hydrogen) atoms. The molecular formula is C24H28ClFN6O2. The van der Waals surface area contributed by atoms with Gasteiger partial charge in [-0.3, -0.25) is 0 Å². The van der Waals surface area contributed by atoms with Crippen molar-refractivity contribution in [2.75, 3.05) is 30.4 Å². The molecule has 1 saturated carbocycles. The highest BCUT2D eigenvalue weighted by atomic mass is 35.5. The van der Waals surface area contributed by atoms with Crippen molar-refractivity contribution in [3.63, 3.8) is 0 Å². The summed E-state index contributed by atoms with van der Waals surface area (Å²) in [6.07, 6.45) is 3.54. The van der Waals surface area contributed by atoms with Gasteiger partial charge in [-0.15, -0.1) is 5.10 Å². The molecule has 1 aliphatic carbocycles. The first-order valence-electron chi connectivity index (χ1n) is 14.3. The van der Waals surface area contributed by atoms with Gasteiger partial charge in [0.1, 0.15) is 11.6 Å². The topological polar surface area (TPSA) is 77.3 Å². The van der Waals surface area contributed by atoms with Gasteiger partial charge in [0.2, 0.25) is 11.8 Å². The summed E-state index contributed by atoms with van der Waals surface area (Å²) in [7, 11) is 1.56. The van der Waals surface area contributed by atoms with Crippen LogP contribution < -0.4 is 19.7 Å². The standard InChI is InChI=1S/C24H28ClFN6O2/c1-14(2)32-24(34-18-6-7-20(26)19(25)11-18)29-23(30-32)28-22-15-4-5-16(22)13-31(12-15)17-8-9-27-21(10-17)33-3/h6-11,14-16,22H,4-5,12-13H2,1-3H3,(H,28,30)/t15-,16+,22?/i1D3,2D3,14D. The van der Waals surface area contributed by atoms with E-state index in [0.29, 0.717) is 23.7 Å². The zero-order valence-electron chi connectivity index (χ0n) is 25.3. The minimum atomic E-state index is -3.35. The number of fused-ring (bicyclic) bond motifs is 2. The van der Waals surface area contributed by atoms with Gasteiger partial charge in [-0.25, -0.2) is 14.1 Å². The number of rotatable bonds is 7. The van der Waals surface area contributed by atoms with Crippen LogP contribution in [0.2, 0.25) is 5.02 Å². The molecule has 2 bridgehead atoms. The third-order valence-corrected chi connectivity index (χ3v) is 6.60. The Hall–Kier alpha value is -3.07. The number of aromatic nitrogens is 4. The molecule has 1 saturated heterocycles. The molecule has 2 aliphatic rings. The van der Waals surface area contributed by atoms with Crippen molar-refractivity contribution in [2.45, 2.75) is 38.6 Å². The van der Waals surface area contributed by atoms with Crippen molar-refractivity contribution in [1.82, 2.24) is 19.7 Å². The Morgan fingerprint density at radius 3 is 2.74 bits per heavy atom. The highest BCUT2D eigenvalue weighted by molar-refractivity contribution is 6.30. The monoisotopic (exact) mass is 493 g/mol. The number of piperidine rings is 1. The van der Waals surface area contributed by atoms with Gasteiger partial charge in [0.25, 0.3) is 0 Å². The number of methoxy groups -OCH3 is 1. The summed E-state index contributed by atoms with van der Waals surface area (Å²) in [6.45, 7) is -5.27. The van der Waals surface area contributed by atoms with Gasteiger partial charge in [-0.2, -0.15) is 4.98 Å². The summed E-state index contributed by atoms with van der Waals surface area (Å²) in [5.41, 5.74) is 0.984. The number of benzene rings is 1. The average Bonchev–Trinajstić information content (AvgIpc) is 3.39. The largest absolute Gasteiger partial charge is 0.481 e. The molecule has 1 aromatic carbocycles. The molecule has 2 fully saturated rings. The number of pyridine rings is 1. The fraction of sp³-hybridized carbons (Fsp3) is 0.458. The maximum Gasteiger partial charge on any atom is 0.322 e. The van der Waals surface area contributed by atoms with Crippen LogP contribution in [-0.4, -0.2) is 46.0 Å². The highest BCUT2D eigenvalue weighted by Crippen LogP contribution is 2.40. The van der Waals surface area contributed by atoms with Gasteiger partial charge in [-0.05, 0) is 56.6 Å². The molecule has 0 spiro atoms. The lowest BCUT2D eigenvalue weighted by atomic mass is 9.92. The SMILES string of the molecule is [2H]C([2H])([2H])C([2H])(n1nc(NC2[C@@H]3CC[C@H]2CN(c2ccnc(OC)c2)C3)nc1Oc1ccc(F)c(Cl)c1)C([2H])([2H])[2H]. The summed E-state index contributed by atoms with van der Waals surface area (Å²) < 4.78 is 81.2. The Kier molecular flexibility index (Phi) is 4.31. The van der Waals surface area contributed by atoms with Crippen LogP contribution in [-0.2, 0) is 0 Å². The zero-order chi connectivity index (χ0) is 29.7. The second-order valence-electron chi connectivity index (χ2n) is 8.39. The smallest absolute Gasteiger partial charge is 0.322 e. The average molecular weight is 494 g/mol. The number of ether oxygens (including phenoxy) is 2. The minimum Gasteiger partial charge on any atom is -0.481 e. The molecule has 10 heteroatoms. The maximum atomic E-state index is 13.7. The van der Waals surface area contributed by atoms with Crippen LogP contribution in [0.5, 0.6) is 17.6 Å². The molecular weight excluding hydrogens is 459 g/mol. The molecule has 1 N–H and O–H groups in total. The molecule has 0 amide bonds. The Labute approximate surface area is 212 Å².